The number of nitrogens with zero attached hydrogens (tertiary/aromatic N) is 2. The fourth-order valence-corrected chi connectivity index (χ4v) is 3.24. The van der Waals surface area contributed by atoms with Crippen LogP contribution in [0.3, 0.4) is 0 Å². The molecule has 3 rings (SSSR count). The Kier molecular flexibility index (Phi) is 5.20. The Labute approximate surface area is 146 Å². The largest absolute Gasteiger partial charge is 0.357 e. The van der Waals surface area contributed by atoms with Gasteiger partial charge in [0.2, 0.25) is 0 Å². The maximum atomic E-state index is 4.45. The summed E-state index contributed by atoms with van der Waals surface area (Å²) in [6, 6.07) is 15.8. The molecule has 2 heterocycles. The Balaban J connectivity index is 1.47. The summed E-state index contributed by atoms with van der Waals surface area (Å²) in [5.41, 5.74) is 3.00. The lowest BCUT2D eigenvalue weighted by molar-refractivity contribution is 0.412. The highest BCUT2D eigenvalue weighted by molar-refractivity contribution is 5.38. The van der Waals surface area contributed by atoms with E-state index in [9.17, 15) is 0 Å². The monoisotopic (exact) mass is 323 g/mol. The van der Waals surface area contributed by atoms with Crippen molar-refractivity contribution in [3.63, 3.8) is 0 Å². The molecule has 1 aromatic heterocycles. The normalized spacial score (nSPS) is 16.4. The Bertz CT molecular complexity index is 620. The molecule has 0 radical (unpaired) electrons. The number of hydrogen-bond acceptors (Lipinski definition) is 3. The van der Waals surface area contributed by atoms with Crippen molar-refractivity contribution >= 4 is 5.82 Å². The molecular formula is C21H29N3. The van der Waals surface area contributed by atoms with Crippen LogP contribution in [0, 0.1) is 0 Å². The Morgan fingerprint density at radius 1 is 1.04 bits per heavy atom. The van der Waals surface area contributed by atoms with E-state index in [1.54, 1.807) is 0 Å². The van der Waals surface area contributed by atoms with Crippen molar-refractivity contribution in [3.05, 3.63) is 59.8 Å². The van der Waals surface area contributed by atoms with E-state index in [2.05, 4.69) is 72.4 Å². The Morgan fingerprint density at radius 2 is 1.75 bits per heavy atom. The standard InChI is InChI=1S/C21H29N3/c1-21(2,3)18-9-7-17(8-10-18)16-23-19-11-14-24(15-12-19)20-6-4-5-13-22-20/h4-10,13,19,23H,11-12,14-16H2,1-3H3. The third-order valence-corrected chi connectivity index (χ3v) is 4.88. The number of benzene rings is 1. The topological polar surface area (TPSA) is 28.2 Å². The molecule has 24 heavy (non-hydrogen) atoms. The zero-order chi connectivity index (χ0) is 17.0. The predicted octanol–water partition coefficient (Wildman–Crippen LogP) is 4.14. The molecule has 3 nitrogen and oxygen atoms in total. The Hall–Kier alpha value is -1.87. The molecule has 0 saturated carbocycles. The molecule has 0 amide bonds. The van der Waals surface area contributed by atoms with Gasteiger partial charge in [-0.1, -0.05) is 51.1 Å². The first-order valence-electron chi connectivity index (χ1n) is 9.01. The fourth-order valence-electron chi connectivity index (χ4n) is 3.24. The van der Waals surface area contributed by atoms with Gasteiger partial charge in [0.25, 0.3) is 0 Å². The summed E-state index contributed by atoms with van der Waals surface area (Å²) in [4.78, 5) is 6.84. The van der Waals surface area contributed by atoms with Crippen molar-refractivity contribution < 1.29 is 0 Å². The van der Waals surface area contributed by atoms with Gasteiger partial charge >= 0.3 is 0 Å². The molecule has 1 saturated heterocycles. The van der Waals surface area contributed by atoms with Crippen LogP contribution in [0.5, 0.6) is 0 Å². The van der Waals surface area contributed by atoms with E-state index < -0.39 is 0 Å². The quantitative estimate of drug-likeness (QED) is 0.916. The summed E-state index contributed by atoms with van der Waals surface area (Å²) in [5.74, 6) is 1.11. The first kappa shape index (κ1) is 17.0. The van der Waals surface area contributed by atoms with Crippen molar-refractivity contribution in [2.24, 2.45) is 0 Å². The molecule has 1 aliphatic heterocycles. The molecule has 1 fully saturated rings. The van der Waals surface area contributed by atoms with Gasteiger partial charge in [0.1, 0.15) is 5.82 Å². The average molecular weight is 323 g/mol. The fraction of sp³-hybridized carbons (Fsp3) is 0.476. The zero-order valence-electron chi connectivity index (χ0n) is 15.1. The van der Waals surface area contributed by atoms with Crippen LogP contribution in [0.25, 0.3) is 0 Å². The van der Waals surface area contributed by atoms with E-state index in [0.29, 0.717) is 6.04 Å². The first-order valence-corrected chi connectivity index (χ1v) is 9.01. The number of hydrogen-bond donors (Lipinski definition) is 1. The van der Waals surface area contributed by atoms with Gasteiger partial charge in [0.15, 0.2) is 0 Å². The van der Waals surface area contributed by atoms with Gasteiger partial charge in [0.05, 0.1) is 0 Å². The molecule has 0 atom stereocenters. The molecule has 0 unspecified atom stereocenters. The summed E-state index contributed by atoms with van der Waals surface area (Å²) >= 11 is 0. The van der Waals surface area contributed by atoms with Gasteiger partial charge in [-0.2, -0.15) is 0 Å². The molecular weight excluding hydrogens is 294 g/mol. The number of aromatic nitrogens is 1. The van der Waals surface area contributed by atoms with E-state index >= 15 is 0 Å². The second kappa shape index (κ2) is 7.35. The van der Waals surface area contributed by atoms with E-state index in [-0.39, 0.29) is 5.41 Å². The van der Waals surface area contributed by atoms with Gasteiger partial charge in [-0.05, 0) is 41.5 Å². The molecule has 0 spiro atoms. The van der Waals surface area contributed by atoms with Crippen LogP contribution in [0.1, 0.15) is 44.7 Å². The highest BCUT2D eigenvalue weighted by Crippen LogP contribution is 2.22. The molecule has 1 aliphatic rings. The minimum absolute atomic E-state index is 0.226. The molecule has 1 aromatic carbocycles. The van der Waals surface area contributed by atoms with Crippen molar-refractivity contribution in [2.45, 2.75) is 51.6 Å². The minimum atomic E-state index is 0.226. The van der Waals surface area contributed by atoms with Gasteiger partial charge < -0.3 is 10.2 Å². The lowest BCUT2D eigenvalue weighted by Gasteiger charge is -2.33. The van der Waals surface area contributed by atoms with Crippen molar-refractivity contribution in [1.29, 1.82) is 0 Å². The van der Waals surface area contributed by atoms with E-state index in [1.165, 1.54) is 24.0 Å². The van der Waals surface area contributed by atoms with Crippen LogP contribution in [0.4, 0.5) is 5.82 Å². The Morgan fingerprint density at radius 3 is 2.33 bits per heavy atom. The van der Waals surface area contributed by atoms with Crippen molar-refractivity contribution in [3.8, 4) is 0 Å². The zero-order valence-corrected chi connectivity index (χ0v) is 15.1. The van der Waals surface area contributed by atoms with Crippen LogP contribution >= 0.6 is 0 Å². The number of rotatable bonds is 4. The first-order chi connectivity index (χ1) is 11.5. The second-order valence-electron chi connectivity index (χ2n) is 7.78. The van der Waals surface area contributed by atoms with Crippen molar-refractivity contribution in [2.75, 3.05) is 18.0 Å². The predicted molar refractivity (Wildman–Crippen MR) is 101 cm³/mol. The molecule has 3 heteroatoms. The summed E-state index contributed by atoms with van der Waals surface area (Å²) < 4.78 is 0. The number of piperidine rings is 1. The van der Waals surface area contributed by atoms with Crippen molar-refractivity contribution in [1.82, 2.24) is 10.3 Å². The molecule has 0 aliphatic carbocycles. The third-order valence-electron chi connectivity index (χ3n) is 4.88. The number of nitrogens with one attached hydrogen (secondary N) is 1. The highest BCUT2D eigenvalue weighted by atomic mass is 15.2. The molecule has 0 bridgehead atoms. The van der Waals surface area contributed by atoms with Crippen LogP contribution in [-0.4, -0.2) is 24.1 Å². The lowest BCUT2D eigenvalue weighted by Crippen LogP contribution is -2.42. The van der Waals surface area contributed by atoms with E-state index in [1.807, 2.05) is 12.3 Å². The van der Waals surface area contributed by atoms with E-state index in [0.717, 1.165) is 25.5 Å². The summed E-state index contributed by atoms with van der Waals surface area (Å²) in [7, 11) is 0. The lowest BCUT2D eigenvalue weighted by atomic mass is 9.87. The van der Waals surface area contributed by atoms with E-state index in [4.69, 9.17) is 0 Å². The maximum absolute atomic E-state index is 4.45. The van der Waals surface area contributed by atoms with Gasteiger partial charge in [-0.15, -0.1) is 0 Å². The number of anilines is 1. The SMILES string of the molecule is CC(C)(C)c1ccc(CNC2CCN(c3ccccn3)CC2)cc1. The molecule has 1 N–H and O–H groups in total. The second-order valence-corrected chi connectivity index (χ2v) is 7.78. The van der Waals surface area contributed by atoms with Crippen LogP contribution in [0.15, 0.2) is 48.7 Å². The highest BCUT2D eigenvalue weighted by Gasteiger charge is 2.19. The summed E-state index contributed by atoms with van der Waals surface area (Å²) in [6.45, 7) is 9.90. The number of pyridine rings is 1. The van der Waals surface area contributed by atoms with Gasteiger partial charge in [-0.3, -0.25) is 0 Å². The van der Waals surface area contributed by atoms with Gasteiger partial charge in [0, 0.05) is 31.9 Å². The summed E-state index contributed by atoms with van der Waals surface area (Å²) in [5, 5.41) is 3.72. The smallest absolute Gasteiger partial charge is 0.128 e. The van der Waals surface area contributed by atoms with Crippen LogP contribution in [0.2, 0.25) is 0 Å². The molecule has 128 valence electrons. The minimum Gasteiger partial charge on any atom is -0.357 e. The maximum Gasteiger partial charge on any atom is 0.128 e. The van der Waals surface area contributed by atoms with Crippen LogP contribution < -0.4 is 10.2 Å². The third kappa shape index (κ3) is 4.35. The van der Waals surface area contributed by atoms with Gasteiger partial charge in [-0.25, -0.2) is 4.98 Å². The summed E-state index contributed by atoms with van der Waals surface area (Å²) in [6.07, 6.45) is 4.23. The average Bonchev–Trinajstić information content (AvgIpc) is 2.61. The molecule has 2 aromatic rings. The van der Waals surface area contributed by atoms with Crippen LogP contribution in [-0.2, 0) is 12.0 Å².